The van der Waals surface area contributed by atoms with Crippen LogP contribution in [0, 0.1) is 53.9 Å². The number of carbonyl (C=O) groups is 2. The number of aromatic nitrogens is 21. The second kappa shape index (κ2) is 56.5. The molecule has 37 heteroatoms. The lowest BCUT2D eigenvalue weighted by molar-refractivity contribution is -0.282. The Hall–Kier alpha value is -10.9. The number of aromatic amines is 1. The number of fused-ring (bicyclic) bond motifs is 7. The van der Waals surface area contributed by atoms with Crippen molar-refractivity contribution >= 4 is 125 Å². The van der Waals surface area contributed by atoms with Gasteiger partial charge in [-0.25, -0.2) is 79.1 Å². The number of nitrogens with one attached hydrogen (secondary N) is 1. The summed E-state index contributed by atoms with van der Waals surface area (Å²) in [6.07, 6.45) is 23.7. The molecule has 0 aliphatic carbocycles. The summed E-state index contributed by atoms with van der Waals surface area (Å²) >= 11 is 5.32. The van der Waals surface area contributed by atoms with Crippen LogP contribution in [0.5, 0.6) is 0 Å². The number of H-pyrrole nitrogens is 1. The van der Waals surface area contributed by atoms with Crippen molar-refractivity contribution in [3.8, 4) is 0 Å². The highest BCUT2D eigenvalue weighted by Gasteiger charge is 2.46. The van der Waals surface area contributed by atoms with E-state index in [0.717, 1.165) is 119 Å². The highest BCUT2D eigenvalue weighted by atomic mass is 35.5. The van der Waals surface area contributed by atoms with Gasteiger partial charge in [0.2, 0.25) is 6.41 Å². The number of hydrogen-bond donors (Lipinski definition) is 1. The zero-order chi connectivity index (χ0) is 102. The minimum Gasteiger partial charge on any atom is -1.00 e. The van der Waals surface area contributed by atoms with Crippen molar-refractivity contribution < 1.29 is 58.4 Å². The van der Waals surface area contributed by atoms with Crippen LogP contribution in [0.1, 0.15) is 178 Å². The summed E-state index contributed by atoms with van der Waals surface area (Å²) in [7, 11) is -3.59. The predicted octanol–water partition coefficient (Wildman–Crippen LogP) is 23.7. The molecule has 15 aromatic rings. The molecule has 15 rings (SSSR count). The van der Waals surface area contributed by atoms with Crippen LogP contribution in [-0.2, 0) is 79.0 Å². The number of esters is 1. The molecule has 14 aromatic heterocycles. The van der Waals surface area contributed by atoms with Crippen LogP contribution in [0.15, 0.2) is 160 Å². The van der Waals surface area contributed by atoms with E-state index in [0.29, 0.717) is 81.4 Å². The average molecular weight is 1990 g/mol. The molecule has 0 amide bonds. The monoisotopic (exact) mass is 1990 g/mol. The Morgan fingerprint density at radius 2 is 0.784 bits per heavy atom. The second-order valence-corrected chi connectivity index (χ2v) is 55.2. The van der Waals surface area contributed by atoms with E-state index in [1.165, 1.54) is 40.3 Å². The van der Waals surface area contributed by atoms with Crippen LogP contribution >= 0.6 is 11.6 Å². The maximum Gasteiger partial charge on any atom is 0.420 e. The Kier molecular flexibility index (Phi) is 47.5. The lowest BCUT2D eigenvalue weighted by Gasteiger charge is -2.44. The van der Waals surface area contributed by atoms with Gasteiger partial charge in [-0.15, -0.1) is 0 Å². The van der Waals surface area contributed by atoms with E-state index in [-0.39, 0.29) is 21.6 Å². The fraction of sp³-hybridized carbons (Fsp3) is 0.510. The zero-order valence-corrected chi connectivity index (χ0v) is 90.8. The van der Waals surface area contributed by atoms with Crippen LogP contribution in [0.4, 0.5) is 4.79 Å². The van der Waals surface area contributed by atoms with E-state index in [2.05, 4.69) is 191 Å². The number of alkyl halides is 1. The quantitative estimate of drug-likeness (QED) is 0.0144. The molecule has 0 saturated heterocycles. The molecule has 1 N–H and O–H groups in total. The first-order chi connectivity index (χ1) is 65.5. The molecule has 14 heterocycles. The van der Waals surface area contributed by atoms with Crippen molar-refractivity contribution in [1.29, 1.82) is 0 Å². The number of ether oxygens (including phenoxy) is 10. The van der Waals surface area contributed by atoms with Crippen molar-refractivity contribution in [3.05, 3.63) is 206 Å². The molecule has 33 nitrogen and oxygen atoms in total. The number of nitrogens with zero attached hydrogens (tertiary/aromatic N) is 20. The van der Waals surface area contributed by atoms with Gasteiger partial charge in [0.15, 0.2) is 20.6 Å². The summed E-state index contributed by atoms with van der Waals surface area (Å²) in [6, 6.07) is 26.8. The van der Waals surface area contributed by atoms with Crippen molar-refractivity contribution in [2.24, 2.45) is 5.41 Å². The lowest BCUT2D eigenvalue weighted by Crippen LogP contribution is -2.51. The van der Waals surface area contributed by atoms with Gasteiger partial charge in [0.25, 0.3) is 6.48 Å². The number of aryl methyl sites for hydroxylation is 7. The van der Waals surface area contributed by atoms with Crippen LogP contribution in [-0.4, -0.2) is 203 Å². The number of hydrogen-bond acceptors (Lipinski definition) is 26. The molecule has 0 unspecified atom stereocenters. The Labute approximate surface area is 831 Å². The third-order valence-electron chi connectivity index (χ3n) is 22.0. The van der Waals surface area contributed by atoms with Crippen LogP contribution in [0.2, 0.25) is 68.0 Å². The molecule has 0 aliphatic heterocycles. The smallest absolute Gasteiger partial charge is 0.420 e. The van der Waals surface area contributed by atoms with E-state index < -0.39 is 54.4 Å². The van der Waals surface area contributed by atoms with E-state index in [1.54, 1.807) is 42.4 Å². The van der Waals surface area contributed by atoms with Crippen LogP contribution in [0.25, 0.3) is 77.2 Å². The van der Waals surface area contributed by atoms with Gasteiger partial charge >= 0.3 is 12.1 Å². The average Bonchev–Trinajstić information content (AvgIpc) is 1.21. The van der Waals surface area contributed by atoms with Gasteiger partial charge in [0, 0.05) is 137 Å². The summed E-state index contributed by atoms with van der Waals surface area (Å²) in [5.41, 5.74) is 15.1. The zero-order valence-electron chi connectivity index (χ0n) is 88.0. The third kappa shape index (κ3) is 35.1. The molecule has 0 bridgehead atoms. The molecule has 0 spiro atoms. The topological polar surface area (TPSA) is 352 Å². The maximum atomic E-state index is 11.9. The van der Waals surface area contributed by atoms with Gasteiger partial charge in [-0.2, -0.15) is 0 Å². The summed E-state index contributed by atoms with van der Waals surface area (Å²) in [6.45, 7) is 68.8. The van der Waals surface area contributed by atoms with Crippen molar-refractivity contribution in [2.45, 2.75) is 287 Å². The van der Waals surface area contributed by atoms with Crippen LogP contribution in [0.3, 0.4) is 0 Å². The number of benzene rings is 1. The fourth-order valence-electron chi connectivity index (χ4n) is 14.9. The molecule has 139 heavy (non-hydrogen) atoms. The van der Waals surface area contributed by atoms with E-state index in [4.69, 9.17) is 59.0 Å². The Bertz CT molecular complexity index is 6140. The summed E-state index contributed by atoms with van der Waals surface area (Å²) in [4.78, 5) is 85.6. The molecule has 0 radical (unpaired) electrons. The Balaban J connectivity index is 0.000000280. The normalized spacial score (nSPS) is 11.7. The molecule has 1 aromatic carbocycles. The number of rotatable bonds is 30. The molecular formula is C102H155ClN21O12Si3-. The Morgan fingerprint density at radius 1 is 0.417 bits per heavy atom. The van der Waals surface area contributed by atoms with Crippen molar-refractivity contribution in [3.63, 3.8) is 0 Å². The maximum absolute atomic E-state index is 11.9. The minimum absolute atomic E-state index is 0. The SMILES string of the molecule is C.CCOC(OCC)OCC.CCOC(OCC)n1ccc2c(C)ncnc21.C[Si](C)(C)CCOCCl.Cc1ncnc2[nH]ccc12.Cc1ncnc2c1ccn2C(=O)OC(C)(C)C.Cc1ncnc2c1ccn2COC(=O)C(C)(C)C.Cc1ncnc2c1ccn2COCC[Si](C)(C)C.Cc1ncnc2c1ccn2COCc1ccccc1.Cc1ncnc2c1ccn2[Si](C(C)C)(C(C)C)C(C)C.[2H-]. The highest BCUT2D eigenvalue weighted by Crippen LogP contribution is 2.44. The minimum atomic E-state index is -1.71. The summed E-state index contributed by atoms with van der Waals surface area (Å²) in [5.74, 6) is -0.227. The molecular weight excluding hydrogens is 1830 g/mol. The van der Waals surface area contributed by atoms with E-state index in [9.17, 15) is 9.59 Å². The highest BCUT2D eigenvalue weighted by molar-refractivity contribution is 6.82. The summed E-state index contributed by atoms with van der Waals surface area (Å²) in [5, 5.41) is 7.34. The van der Waals surface area contributed by atoms with Crippen LogP contribution < -0.4 is 0 Å². The number of halogens is 1. The molecule has 0 atom stereocenters. The molecule has 0 aliphatic rings. The lowest BCUT2D eigenvalue weighted by atomic mass is 9.98. The van der Waals surface area contributed by atoms with Gasteiger partial charge < -0.3 is 67.1 Å². The van der Waals surface area contributed by atoms with Gasteiger partial charge in [-0.05, 0) is 208 Å². The van der Waals surface area contributed by atoms with E-state index in [1.807, 2.05) is 217 Å². The molecule has 0 fully saturated rings. The molecule has 0 saturated carbocycles. The van der Waals surface area contributed by atoms with Gasteiger partial charge in [0.1, 0.15) is 103 Å². The standard InChI is InChI=1S/C16H27N3Si.C15H15N3O.C13H17N3O2.C13H21N3OSi.C12H15N3O2.C12H17N3O2.C7H7N3.C7H16O3.C6H15ClOSi.CH4.H/c1-11(2)20(12(3)4,13(5)6)19-9-8-15-14(7)17-10-18-16(15)19;1-12-14-7-8-18(15(14)17-10-16-12)11-19-9-13-5-3-2-4-6-13;1-9-10-5-6-16(11(10)15-7-14-9)8-18-12(17)13(2,3)4;1-11-12-5-6-16(13(12)15-9-14-11)10-17-7-8-18(2,3)4;1-8-9-5-6-15(10(9)14-7-13-8)11(16)17-12(2,3)4;1-4-16-12(17-5-2)15-7-6-10-9(3)13-8-14-11(10)15;1-5-6-2-3-8-7(6)10-4-9-5;1-4-8-7(9-5-2)10-6-3;1-9(2,3)5-4-8-6-7;;/h8-13H,1-7H3;2-8,10H,9,11H2,1H3;5-7H,8H2,1-4H3;5-6,9H,7-8,10H2,1-4H3;5-7H,1-4H3;6-8,12H,4-5H2,1-3H3;2-4H,1H3,(H,8,9,10);7H,4-6H2,1-3H3;4-6H2,1-3H3;1H4;/q;;;;;;;;;;-1/i;;;;;;;;;;1+1. The first-order valence-electron chi connectivity index (χ1n) is 47.2. The predicted molar refractivity (Wildman–Crippen MR) is 565 cm³/mol. The van der Waals surface area contributed by atoms with Gasteiger partial charge in [-0.1, -0.05) is 130 Å². The third-order valence-corrected chi connectivity index (χ3v) is 32.3. The largest absolute Gasteiger partial charge is 1.00 e. The molecule has 760 valence electrons. The van der Waals surface area contributed by atoms with Gasteiger partial charge in [0.05, 0.1) is 51.9 Å². The second-order valence-electron chi connectivity index (χ2n) is 38.0. The first-order valence-corrected chi connectivity index (χ1v) is 57.3. The number of carbonyl (C=O) groups excluding carboxylic acids is 2. The first kappa shape index (κ1) is 117. The Morgan fingerprint density at radius 3 is 1.20 bits per heavy atom. The fourth-order valence-corrected chi connectivity index (χ4v) is 23.1. The van der Waals surface area contributed by atoms with Crippen molar-refractivity contribution in [1.82, 2.24) is 102 Å². The summed E-state index contributed by atoms with van der Waals surface area (Å²) < 4.78 is 65.0. The van der Waals surface area contributed by atoms with Crippen molar-refractivity contribution in [2.75, 3.05) is 52.3 Å². The van der Waals surface area contributed by atoms with Gasteiger partial charge in [-0.3, -0.25) is 13.9 Å². The van der Waals surface area contributed by atoms with E-state index >= 15 is 0 Å².